The fourth-order valence-corrected chi connectivity index (χ4v) is 4.31. The van der Waals surface area contributed by atoms with Crippen LogP contribution in [0.3, 0.4) is 0 Å². The first-order valence-corrected chi connectivity index (χ1v) is 9.30. The molecular formula is C15H20FN3O4S. The van der Waals surface area contributed by atoms with Crippen molar-refractivity contribution in [3.05, 3.63) is 30.1 Å². The summed E-state index contributed by atoms with van der Waals surface area (Å²) in [6.07, 6.45) is 0. The van der Waals surface area contributed by atoms with Crippen molar-refractivity contribution in [2.24, 2.45) is 0 Å². The molecule has 2 aliphatic rings. The summed E-state index contributed by atoms with van der Waals surface area (Å²) in [5.41, 5.74) is 0. The number of morpholine rings is 1. The Bertz CT molecular complexity index is 698. The van der Waals surface area contributed by atoms with E-state index < -0.39 is 15.8 Å². The van der Waals surface area contributed by atoms with Gasteiger partial charge in [-0.25, -0.2) is 17.6 Å². The molecule has 0 bridgehead atoms. The third-order valence-corrected chi connectivity index (χ3v) is 6.12. The number of ether oxygens (including phenoxy) is 1. The second-order valence-corrected chi connectivity index (χ2v) is 7.67. The quantitative estimate of drug-likeness (QED) is 0.777. The Morgan fingerprint density at radius 1 is 1.00 bits per heavy atom. The first kappa shape index (κ1) is 17.1. The topological polar surface area (TPSA) is 70.2 Å². The lowest BCUT2D eigenvalue weighted by Crippen LogP contribution is -2.55. The predicted molar refractivity (Wildman–Crippen MR) is 84.5 cm³/mol. The molecule has 1 aromatic carbocycles. The molecule has 24 heavy (non-hydrogen) atoms. The van der Waals surface area contributed by atoms with Crippen molar-refractivity contribution in [1.29, 1.82) is 0 Å². The highest BCUT2D eigenvalue weighted by Crippen LogP contribution is 2.19. The molecule has 2 heterocycles. The monoisotopic (exact) mass is 357 g/mol. The number of hydrogen-bond donors (Lipinski definition) is 0. The second kappa shape index (κ2) is 7.04. The normalized spacial score (nSPS) is 20.2. The zero-order valence-corrected chi connectivity index (χ0v) is 14.0. The van der Waals surface area contributed by atoms with Crippen LogP contribution in [0.1, 0.15) is 0 Å². The number of carbonyl (C=O) groups excluding carboxylic acids is 1. The molecule has 0 spiro atoms. The van der Waals surface area contributed by atoms with Crippen molar-refractivity contribution >= 4 is 16.1 Å². The fraction of sp³-hybridized carbons (Fsp3) is 0.533. The number of halogens is 1. The van der Waals surface area contributed by atoms with E-state index >= 15 is 0 Å². The highest BCUT2D eigenvalue weighted by molar-refractivity contribution is 7.89. The molecule has 0 atom stereocenters. The lowest BCUT2D eigenvalue weighted by atomic mass is 10.3. The second-order valence-electron chi connectivity index (χ2n) is 5.73. The Labute approximate surface area is 140 Å². The van der Waals surface area contributed by atoms with Gasteiger partial charge in [0.25, 0.3) is 0 Å². The van der Waals surface area contributed by atoms with Gasteiger partial charge in [0.1, 0.15) is 5.82 Å². The van der Waals surface area contributed by atoms with E-state index in [4.69, 9.17) is 4.74 Å². The Morgan fingerprint density at radius 2 is 1.62 bits per heavy atom. The molecule has 0 aromatic heterocycles. The van der Waals surface area contributed by atoms with E-state index in [1.165, 1.54) is 22.5 Å². The molecular weight excluding hydrogens is 337 g/mol. The summed E-state index contributed by atoms with van der Waals surface area (Å²) in [5.74, 6) is -0.586. The van der Waals surface area contributed by atoms with Crippen LogP contribution in [-0.2, 0) is 14.8 Å². The number of nitrogens with zero attached hydrogens (tertiary/aromatic N) is 3. The summed E-state index contributed by atoms with van der Waals surface area (Å²) in [5, 5.41) is 0. The minimum Gasteiger partial charge on any atom is -0.378 e. The van der Waals surface area contributed by atoms with E-state index in [2.05, 4.69) is 0 Å². The van der Waals surface area contributed by atoms with Crippen LogP contribution in [0.5, 0.6) is 0 Å². The predicted octanol–water partition coefficient (Wildman–Crippen LogP) is 0.584. The van der Waals surface area contributed by atoms with Gasteiger partial charge in [-0.3, -0.25) is 0 Å². The highest BCUT2D eigenvalue weighted by Gasteiger charge is 2.32. The third-order valence-electron chi connectivity index (χ3n) is 4.22. The molecule has 2 amide bonds. The molecule has 2 fully saturated rings. The zero-order valence-electron chi connectivity index (χ0n) is 13.2. The SMILES string of the molecule is O=C(N1CCOCC1)N1CCN(S(=O)(=O)c2cccc(F)c2)CC1. The Kier molecular flexibility index (Phi) is 5.02. The van der Waals surface area contributed by atoms with E-state index in [0.29, 0.717) is 39.4 Å². The first-order valence-electron chi connectivity index (χ1n) is 7.86. The molecule has 9 heteroatoms. The van der Waals surface area contributed by atoms with Crippen molar-refractivity contribution in [2.75, 3.05) is 52.5 Å². The average Bonchev–Trinajstić information content (AvgIpc) is 2.62. The largest absolute Gasteiger partial charge is 0.378 e. The smallest absolute Gasteiger partial charge is 0.320 e. The van der Waals surface area contributed by atoms with Crippen LogP contribution in [0.15, 0.2) is 29.2 Å². The van der Waals surface area contributed by atoms with Crippen LogP contribution in [0.25, 0.3) is 0 Å². The third kappa shape index (κ3) is 3.52. The first-order chi connectivity index (χ1) is 11.5. The Hall–Kier alpha value is -1.71. The molecule has 1 aromatic rings. The van der Waals surface area contributed by atoms with Gasteiger partial charge in [0, 0.05) is 39.3 Å². The lowest BCUT2D eigenvalue weighted by Gasteiger charge is -2.38. The molecule has 0 saturated carbocycles. The minimum absolute atomic E-state index is 0.0598. The van der Waals surface area contributed by atoms with E-state index in [1.54, 1.807) is 9.80 Å². The maximum Gasteiger partial charge on any atom is 0.320 e. The summed E-state index contributed by atoms with van der Waals surface area (Å²) < 4.78 is 44.9. The number of sulfonamides is 1. The van der Waals surface area contributed by atoms with Crippen LogP contribution in [0.2, 0.25) is 0 Å². The summed E-state index contributed by atoms with van der Waals surface area (Å²) in [7, 11) is -3.74. The van der Waals surface area contributed by atoms with Gasteiger partial charge in [-0.15, -0.1) is 0 Å². The number of urea groups is 1. The number of hydrogen-bond acceptors (Lipinski definition) is 4. The van der Waals surface area contributed by atoms with Crippen molar-refractivity contribution in [3.8, 4) is 0 Å². The Morgan fingerprint density at radius 3 is 2.25 bits per heavy atom. The number of carbonyl (C=O) groups is 1. The average molecular weight is 357 g/mol. The molecule has 7 nitrogen and oxygen atoms in total. The number of rotatable bonds is 2. The van der Waals surface area contributed by atoms with Crippen LogP contribution in [-0.4, -0.2) is 81.0 Å². The van der Waals surface area contributed by atoms with Gasteiger partial charge in [0.15, 0.2) is 0 Å². The zero-order chi connectivity index (χ0) is 17.2. The number of benzene rings is 1. The van der Waals surface area contributed by atoms with Crippen molar-refractivity contribution in [3.63, 3.8) is 0 Å². The summed E-state index contributed by atoms with van der Waals surface area (Å²) in [4.78, 5) is 15.7. The number of amides is 2. The van der Waals surface area contributed by atoms with Crippen molar-refractivity contribution < 1.29 is 22.3 Å². The molecule has 0 aliphatic carbocycles. The van der Waals surface area contributed by atoms with Gasteiger partial charge in [-0.05, 0) is 18.2 Å². The van der Waals surface area contributed by atoms with Crippen LogP contribution >= 0.6 is 0 Å². The Balaban J connectivity index is 1.63. The van der Waals surface area contributed by atoms with E-state index in [1.807, 2.05) is 0 Å². The molecule has 0 N–H and O–H groups in total. The van der Waals surface area contributed by atoms with Crippen LogP contribution in [0.4, 0.5) is 9.18 Å². The van der Waals surface area contributed by atoms with E-state index in [-0.39, 0.29) is 24.0 Å². The minimum atomic E-state index is -3.74. The molecule has 0 unspecified atom stereocenters. The summed E-state index contributed by atoms with van der Waals surface area (Å²) in [6.45, 7) is 3.22. The molecule has 3 rings (SSSR count). The van der Waals surface area contributed by atoms with Gasteiger partial charge < -0.3 is 14.5 Å². The van der Waals surface area contributed by atoms with Gasteiger partial charge in [-0.1, -0.05) is 6.07 Å². The standard InChI is InChI=1S/C15H20FN3O4S/c16-13-2-1-3-14(12-13)24(21,22)19-6-4-17(5-7-19)15(20)18-8-10-23-11-9-18/h1-3,12H,4-11H2. The van der Waals surface area contributed by atoms with Crippen LogP contribution < -0.4 is 0 Å². The van der Waals surface area contributed by atoms with Crippen molar-refractivity contribution in [1.82, 2.24) is 14.1 Å². The fourth-order valence-electron chi connectivity index (χ4n) is 2.85. The molecule has 132 valence electrons. The van der Waals surface area contributed by atoms with Crippen LogP contribution in [0, 0.1) is 5.82 Å². The maximum absolute atomic E-state index is 13.3. The van der Waals surface area contributed by atoms with Crippen molar-refractivity contribution in [2.45, 2.75) is 4.90 Å². The van der Waals surface area contributed by atoms with Gasteiger partial charge in [0.05, 0.1) is 18.1 Å². The lowest BCUT2D eigenvalue weighted by molar-refractivity contribution is 0.0405. The van der Waals surface area contributed by atoms with Gasteiger partial charge in [-0.2, -0.15) is 4.31 Å². The van der Waals surface area contributed by atoms with E-state index in [9.17, 15) is 17.6 Å². The summed E-state index contributed by atoms with van der Waals surface area (Å²) in [6, 6.07) is 4.89. The number of piperazine rings is 1. The molecule has 2 aliphatic heterocycles. The maximum atomic E-state index is 13.3. The summed E-state index contributed by atoms with van der Waals surface area (Å²) >= 11 is 0. The van der Waals surface area contributed by atoms with E-state index in [0.717, 1.165) is 6.07 Å². The molecule has 0 radical (unpaired) electrons. The van der Waals surface area contributed by atoms with Gasteiger partial charge >= 0.3 is 6.03 Å². The van der Waals surface area contributed by atoms with Gasteiger partial charge in [0.2, 0.25) is 10.0 Å². The highest BCUT2D eigenvalue weighted by atomic mass is 32.2. The molecule has 2 saturated heterocycles.